The number of rotatable bonds is 7. The minimum Gasteiger partial charge on any atom is -0.391 e. The van der Waals surface area contributed by atoms with Crippen molar-refractivity contribution in [3.63, 3.8) is 0 Å². The van der Waals surface area contributed by atoms with Crippen LogP contribution in [0.3, 0.4) is 0 Å². The van der Waals surface area contributed by atoms with Crippen LogP contribution in [0.4, 0.5) is 5.82 Å². The second-order valence-electron chi connectivity index (χ2n) is 5.64. The number of methoxy groups -OCH3 is 1. The molecule has 0 saturated heterocycles. The molecule has 1 unspecified atom stereocenters. The van der Waals surface area contributed by atoms with Crippen LogP contribution >= 0.6 is 11.3 Å². The molecule has 0 amide bonds. The van der Waals surface area contributed by atoms with Gasteiger partial charge < -0.3 is 15.2 Å². The summed E-state index contributed by atoms with van der Waals surface area (Å²) in [5.74, 6) is 1.56. The normalized spacial score (nSPS) is 12.5. The lowest BCUT2D eigenvalue weighted by atomic mass is 10.1. The SMILES string of the molecule is COCC(O)CCNc1nc(C)nc2scc(-c3ccccc3)c12. The fraction of sp³-hybridized carbons (Fsp3) is 0.333. The van der Waals surface area contributed by atoms with Gasteiger partial charge in [0, 0.05) is 24.6 Å². The smallest absolute Gasteiger partial charge is 0.139 e. The molecule has 6 heteroatoms. The van der Waals surface area contributed by atoms with E-state index in [1.807, 2.05) is 25.1 Å². The van der Waals surface area contributed by atoms with Crippen LogP contribution in [0.15, 0.2) is 35.7 Å². The summed E-state index contributed by atoms with van der Waals surface area (Å²) in [6.07, 6.45) is 0.125. The number of ether oxygens (including phenoxy) is 1. The number of thiophene rings is 1. The molecule has 3 rings (SSSR count). The number of fused-ring (bicyclic) bond motifs is 1. The van der Waals surface area contributed by atoms with Crippen molar-refractivity contribution < 1.29 is 9.84 Å². The zero-order valence-corrected chi connectivity index (χ0v) is 14.6. The van der Waals surface area contributed by atoms with Gasteiger partial charge in [0.05, 0.1) is 18.1 Å². The minimum atomic E-state index is -0.475. The Morgan fingerprint density at radius 1 is 1.25 bits per heavy atom. The van der Waals surface area contributed by atoms with Crippen LogP contribution in [0.25, 0.3) is 21.3 Å². The van der Waals surface area contributed by atoms with Crippen molar-refractivity contribution in [2.75, 3.05) is 25.6 Å². The van der Waals surface area contributed by atoms with E-state index in [0.29, 0.717) is 19.6 Å². The third-order valence-electron chi connectivity index (χ3n) is 3.76. The largest absolute Gasteiger partial charge is 0.391 e. The van der Waals surface area contributed by atoms with Crippen LogP contribution in [0, 0.1) is 6.92 Å². The van der Waals surface area contributed by atoms with Crippen LogP contribution in [-0.4, -0.2) is 41.4 Å². The average Bonchev–Trinajstić information content (AvgIpc) is 2.99. The van der Waals surface area contributed by atoms with E-state index >= 15 is 0 Å². The Hall–Kier alpha value is -2.02. The molecule has 0 bridgehead atoms. The number of nitrogens with zero attached hydrogens (tertiary/aromatic N) is 2. The van der Waals surface area contributed by atoms with E-state index < -0.39 is 6.10 Å². The molecule has 2 N–H and O–H groups in total. The van der Waals surface area contributed by atoms with Crippen LogP contribution in [0.1, 0.15) is 12.2 Å². The molecule has 2 heterocycles. The monoisotopic (exact) mass is 343 g/mol. The lowest BCUT2D eigenvalue weighted by molar-refractivity contribution is 0.0615. The number of aromatic nitrogens is 2. The van der Waals surface area contributed by atoms with Crippen molar-refractivity contribution in [1.29, 1.82) is 0 Å². The quantitative estimate of drug-likeness (QED) is 0.687. The Bertz CT molecular complexity index is 805. The van der Waals surface area contributed by atoms with Crippen molar-refractivity contribution in [2.24, 2.45) is 0 Å². The lowest BCUT2D eigenvalue weighted by Gasteiger charge is -2.12. The van der Waals surface area contributed by atoms with Crippen LogP contribution in [-0.2, 0) is 4.74 Å². The standard InChI is InChI=1S/C18H21N3O2S/c1-12-20-17(19-9-8-14(22)10-23-2)16-15(11-24-18(16)21-12)13-6-4-3-5-7-13/h3-7,11,14,22H,8-10H2,1-2H3,(H,19,20,21). The summed E-state index contributed by atoms with van der Waals surface area (Å²) in [4.78, 5) is 10.1. The Labute approximate surface area is 145 Å². The zero-order chi connectivity index (χ0) is 16.9. The predicted octanol–water partition coefficient (Wildman–Crippen LogP) is 3.48. The van der Waals surface area contributed by atoms with Crippen molar-refractivity contribution in [3.8, 4) is 11.1 Å². The number of hydrogen-bond donors (Lipinski definition) is 2. The molecule has 1 aromatic carbocycles. The first-order valence-electron chi connectivity index (χ1n) is 7.91. The van der Waals surface area contributed by atoms with Crippen molar-refractivity contribution in [2.45, 2.75) is 19.4 Å². The van der Waals surface area contributed by atoms with E-state index in [1.165, 1.54) is 0 Å². The highest BCUT2D eigenvalue weighted by molar-refractivity contribution is 7.17. The molecule has 0 radical (unpaired) electrons. The van der Waals surface area contributed by atoms with Crippen LogP contribution < -0.4 is 5.32 Å². The molecule has 0 aliphatic carbocycles. The lowest BCUT2D eigenvalue weighted by Crippen LogP contribution is -2.18. The first-order chi connectivity index (χ1) is 11.7. The van der Waals surface area contributed by atoms with Crippen molar-refractivity contribution in [3.05, 3.63) is 41.5 Å². The Morgan fingerprint density at radius 2 is 2.04 bits per heavy atom. The summed E-state index contributed by atoms with van der Waals surface area (Å²) < 4.78 is 4.96. The number of aliphatic hydroxyl groups excluding tert-OH is 1. The fourth-order valence-electron chi connectivity index (χ4n) is 2.64. The van der Waals surface area contributed by atoms with Gasteiger partial charge in [-0.05, 0) is 18.9 Å². The Morgan fingerprint density at radius 3 is 2.79 bits per heavy atom. The number of hydrogen-bond acceptors (Lipinski definition) is 6. The van der Waals surface area contributed by atoms with Gasteiger partial charge in [-0.15, -0.1) is 11.3 Å². The molecule has 0 fully saturated rings. The summed E-state index contributed by atoms with van der Waals surface area (Å²) in [5, 5.41) is 16.3. The molecule has 24 heavy (non-hydrogen) atoms. The summed E-state index contributed by atoms with van der Waals surface area (Å²) in [7, 11) is 1.59. The Kier molecular flexibility index (Phi) is 5.40. The fourth-order valence-corrected chi connectivity index (χ4v) is 3.63. The predicted molar refractivity (Wildman–Crippen MR) is 98.6 cm³/mol. The van der Waals surface area contributed by atoms with Crippen LogP contribution in [0.5, 0.6) is 0 Å². The molecule has 3 aromatic rings. The van der Waals surface area contributed by atoms with E-state index in [-0.39, 0.29) is 0 Å². The maximum atomic E-state index is 9.79. The number of anilines is 1. The molecular formula is C18H21N3O2S. The van der Waals surface area contributed by atoms with Crippen molar-refractivity contribution >= 4 is 27.4 Å². The minimum absolute atomic E-state index is 0.341. The molecule has 0 saturated carbocycles. The van der Waals surface area contributed by atoms with Crippen LogP contribution in [0.2, 0.25) is 0 Å². The van der Waals surface area contributed by atoms with E-state index in [2.05, 4.69) is 32.8 Å². The van der Waals surface area contributed by atoms with Gasteiger partial charge in [-0.2, -0.15) is 0 Å². The van der Waals surface area contributed by atoms with E-state index in [9.17, 15) is 5.11 Å². The maximum Gasteiger partial charge on any atom is 0.139 e. The highest BCUT2D eigenvalue weighted by Crippen LogP contribution is 2.36. The van der Waals surface area contributed by atoms with Gasteiger partial charge in [0.1, 0.15) is 16.5 Å². The molecule has 126 valence electrons. The first kappa shape index (κ1) is 16.8. The second kappa shape index (κ2) is 7.70. The van der Waals surface area contributed by atoms with E-state index in [1.54, 1.807) is 18.4 Å². The summed E-state index contributed by atoms with van der Waals surface area (Å²) >= 11 is 1.62. The highest BCUT2D eigenvalue weighted by atomic mass is 32.1. The van der Waals surface area contributed by atoms with E-state index in [0.717, 1.165) is 33.0 Å². The molecule has 5 nitrogen and oxygen atoms in total. The van der Waals surface area contributed by atoms with E-state index in [4.69, 9.17) is 4.74 Å². The first-order valence-corrected chi connectivity index (χ1v) is 8.79. The molecule has 0 spiro atoms. The summed E-state index contributed by atoms with van der Waals surface area (Å²) in [5.41, 5.74) is 2.29. The number of nitrogens with one attached hydrogen (secondary N) is 1. The van der Waals surface area contributed by atoms with Crippen molar-refractivity contribution in [1.82, 2.24) is 9.97 Å². The van der Waals surface area contributed by atoms with Gasteiger partial charge in [-0.25, -0.2) is 9.97 Å². The van der Waals surface area contributed by atoms with Gasteiger partial charge in [0.2, 0.25) is 0 Å². The van der Waals surface area contributed by atoms with Gasteiger partial charge >= 0.3 is 0 Å². The number of benzene rings is 1. The highest BCUT2D eigenvalue weighted by Gasteiger charge is 2.14. The van der Waals surface area contributed by atoms with Gasteiger partial charge in [0.25, 0.3) is 0 Å². The number of aryl methyl sites for hydroxylation is 1. The molecule has 1 atom stereocenters. The summed E-state index contributed by atoms with van der Waals surface area (Å²) in [6, 6.07) is 10.3. The zero-order valence-electron chi connectivity index (χ0n) is 13.8. The number of aliphatic hydroxyl groups is 1. The van der Waals surface area contributed by atoms with Gasteiger partial charge in [-0.3, -0.25) is 0 Å². The third-order valence-corrected chi connectivity index (χ3v) is 4.63. The maximum absolute atomic E-state index is 9.79. The Balaban J connectivity index is 1.90. The average molecular weight is 343 g/mol. The third kappa shape index (κ3) is 3.72. The topological polar surface area (TPSA) is 67.3 Å². The molecule has 0 aliphatic rings. The van der Waals surface area contributed by atoms with Gasteiger partial charge in [-0.1, -0.05) is 30.3 Å². The molecule has 2 aromatic heterocycles. The van der Waals surface area contributed by atoms with Gasteiger partial charge in [0.15, 0.2) is 0 Å². The molecular weight excluding hydrogens is 322 g/mol. The molecule has 0 aliphatic heterocycles. The summed E-state index contributed by atoms with van der Waals surface area (Å²) in [6.45, 7) is 2.86. The second-order valence-corrected chi connectivity index (χ2v) is 6.50.